The Hall–Kier alpha value is -3.70. The monoisotopic (exact) mass is 518 g/mol. The van der Waals surface area contributed by atoms with Crippen molar-refractivity contribution in [3.8, 4) is 0 Å². The Morgan fingerprint density at radius 1 is 0.943 bits per heavy atom. The number of hydrogen-bond acceptors (Lipinski definition) is 6. The fourth-order valence-corrected chi connectivity index (χ4v) is 4.13. The Morgan fingerprint density at radius 2 is 1.66 bits per heavy atom. The molecule has 11 heteroatoms. The number of ether oxygens (including phenoxy) is 1. The minimum Gasteiger partial charge on any atom is -0.452 e. The van der Waals surface area contributed by atoms with Crippen molar-refractivity contribution in [2.24, 2.45) is 0 Å². The van der Waals surface area contributed by atoms with Gasteiger partial charge in [0, 0.05) is 16.3 Å². The SMILES string of the molecule is O=C(COC(=O)c1cccc(NS(=O)(=O)/C=C/c2ccccc2)c1)Nc1ccc(SC(F)F)cc1. The van der Waals surface area contributed by atoms with Gasteiger partial charge in [-0.05, 0) is 54.1 Å². The third kappa shape index (κ3) is 8.87. The highest BCUT2D eigenvalue weighted by Gasteiger charge is 2.13. The van der Waals surface area contributed by atoms with Crippen LogP contribution in [-0.2, 0) is 19.6 Å². The van der Waals surface area contributed by atoms with Crippen molar-refractivity contribution in [3.63, 3.8) is 0 Å². The summed E-state index contributed by atoms with van der Waals surface area (Å²) in [5, 5.41) is 3.50. The average molecular weight is 519 g/mol. The summed E-state index contributed by atoms with van der Waals surface area (Å²) in [6, 6.07) is 20.3. The van der Waals surface area contributed by atoms with E-state index in [1.165, 1.54) is 54.6 Å². The van der Waals surface area contributed by atoms with E-state index >= 15 is 0 Å². The maximum atomic E-state index is 12.4. The van der Waals surface area contributed by atoms with Crippen molar-refractivity contribution in [3.05, 3.63) is 95.4 Å². The van der Waals surface area contributed by atoms with Crippen molar-refractivity contribution >= 4 is 51.1 Å². The number of carbonyl (C=O) groups is 2. The molecule has 3 aromatic carbocycles. The van der Waals surface area contributed by atoms with Crippen molar-refractivity contribution < 1.29 is 31.5 Å². The highest BCUT2D eigenvalue weighted by atomic mass is 32.2. The zero-order valence-electron chi connectivity index (χ0n) is 18.1. The van der Waals surface area contributed by atoms with Gasteiger partial charge in [-0.2, -0.15) is 8.78 Å². The van der Waals surface area contributed by atoms with Crippen molar-refractivity contribution in [2.45, 2.75) is 10.7 Å². The highest BCUT2D eigenvalue weighted by Crippen LogP contribution is 2.26. The van der Waals surface area contributed by atoms with Crippen LogP contribution in [0.25, 0.3) is 6.08 Å². The van der Waals surface area contributed by atoms with Crippen LogP contribution in [0.3, 0.4) is 0 Å². The van der Waals surface area contributed by atoms with E-state index in [4.69, 9.17) is 4.74 Å². The molecule has 0 fully saturated rings. The van der Waals surface area contributed by atoms with E-state index in [0.717, 1.165) is 5.41 Å². The molecule has 0 bridgehead atoms. The minimum absolute atomic E-state index is 0.0402. The van der Waals surface area contributed by atoms with Crippen LogP contribution >= 0.6 is 11.8 Å². The van der Waals surface area contributed by atoms with Gasteiger partial charge in [0.05, 0.1) is 11.0 Å². The van der Waals surface area contributed by atoms with Gasteiger partial charge in [0.2, 0.25) is 0 Å². The highest BCUT2D eigenvalue weighted by molar-refractivity contribution is 7.99. The number of carbonyl (C=O) groups excluding carboxylic acids is 2. The number of esters is 1. The van der Waals surface area contributed by atoms with Crippen LogP contribution in [0.1, 0.15) is 15.9 Å². The van der Waals surface area contributed by atoms with Crippen LogP contribution in [0.15, 0.2) is 89.2 Å². The quantitative estimate of drug-likeness (QED) is 0.282. The third-order valence-corrected chi connectivity index (χ3v) is 6.03. The Bertz CT molecular complexity index is 1300. The summed E-state index contributed by atoms with van der Waals surface area (Å²) in [5.74, 6) is -4.00. The molecule has 0 unspecified atom stereocenters. The second-order valence-corrected chi connectivity index (χ2v) is 9.60. The predicted molar refractivity (Wildman–Crippen MR) is 132 cm³/mol. The molecule has 0 saturated carbocycles. The lowest BCUT2D eigenvalue weighted by atomic mass is 10.2. The number of rotatable bonds is 10. The lowest BCUT2D eigenvalue weighted by molar-refractivity contribution is -0.119. The van der Waals surface area contributed by atoms with E-state index in [1.807, 2.05) is 6.07 Å². The fraction of sp³-hybridized carbons (Fsp3) is 0.0833. The van der Waals surface area contributed by atoms with Crippen molar-refractivity contribution in [1.29, 1.82) is 0 Å². The maximum Gasteiger partial charge on any atom is 0.338 e. The first-order chi connectivity index (χ1) is 16.7. The van der Waals surface area contributed by atoms with E-state index in [0.29, 0.717) is 27.9 Å². The molecule has 3 aromatic rings. The van der Waals surface area contributed by atoms with Crippen molar-refractivity contribution in [1.82, 2.24) is 0 Å². The number of halogens is 2. The molecule has 35 heavy (non-hydrogen) atoms. The number of hydrogen-bond donors (Lipinski definition) is 2. The molecule has 0 atom stereocenters. The van der Waals surface area contributed by atoms with Crippen LogP contribution in [0.5, 0.6) is 0 Å². The fourth-order valence-electron chi connectivity index (χ4n) is 2.77. The average Bonchev–Trinajstić information content (AvgIpc) is 2.83. The Labute approximate surface area is 205 Å². The lowest BCUT2D eigenvalue weighted by Crippen LogP contribution is -2.21. The van der Waals surface area contributed by atoms with Gasteiger partial charge in [-0.1, -0.05) is 48.2 Å². The Balaban J connectivity index is 1.53. The summed E-state index contributed by atoms with van der Waals surface area (Å²) in [7, 11) is -3.84. The summed E-state index contributed by atoms with van der Waals surface area (Å²) in [6.07, 6.45) is 1.43. The lowest BCUT2D eigenvalue weighted by Gasteiger charge is -2.09. The number of sulfonamides is 1. The number of alkyl halides is 2. The normalized spacial score (nSPS) is 11.4. The van der Waals surface area contributed by atoms with E-state index in [-0.39, 0.29) is 11.3 Å². The molecule has 0 aliphatic heterocycles. The zero-order chi connectivity index (χ0) is 25.3. The van der Waals surface area contributed by atoms with Gasteiger partial charge in [-0.3, -0.25) is 9.52 Å². The molecular weight excluding hydrogens is 498 g/mol. The van der Waals surface area contributed by atoms with Gasteiger partial charge in [0.25, 0.3) is 21.7 Å². The molecule has 0 aromatic heterocycles. The van der Waals surface area contributed by atoms with Gasteiger partial charge in [0.15, 0.2) is 6.61 Å². The number of benzene rings is 3. The first-order valence-corrected chi connectivity index (χ1v) is 12.5. The molecule has 1 amide bonds. The molecule has 0 aliphatic rings. The van der Waals surface area contributed by atoms with Gasteiger partial charge in [0.1, 0.15) is 0 Å². The van der Waals surface area contributed by atoms with E-state index in [1.54, 1.807) is 24.3 Å². The van der Waals surface area contributed by atoms with Crippen LogP contribution in [0.4, 0.5) is 20.2 Å². The van der Waals surface area contributed by atoms with Crippen LogP contribution in [-0.4, -0.2) is 32.7 Å². The van der Waals surface area contributed by atoms with Gasteiger partial charge in [-0.25, -0.2) is 13.2 Å². The molecule has 0 saturated heterocycles. The van der Waals surface area contributed by atoms with E-state index in [2.05, 4.69) is 10.0 Å². The minimum atomic E-state index is -3.84. The Kier molecular flexibility index (Phi) is 8.98. The topological polar surface area (TPSA) is 102 Å². The van der Waals surface area contributed by atoms with E-state index in [9.17, 15) is 26.8 Å². The first-order valence-electron chi connectivity index (χ1n) is 10.1. The number of amides is 1. The standard InChI is InChI=1S/C24H20F2N2O5S2/c25-24(26)34-21-11-9-19(10-12-21)27-22(29)16-33-23(30)18-7-4-8-20(15-18)28-35(31,32)14-13-17-5-2-1-3-6-17/h1-15,24,28H,16H2,(H,27,29)/b14-13+. The summed E-state index contributed by atoms with van der Waals surface area (Å²) in [5.41, 5.74) is 1.24. The molecule has 182 valence electrons. The summed E-state index contributed by atoms with van der Waals surface area (Å²) < 4.78 is 56.7. The van der Waals surface area contributed by atoms with Crippen LogP contribution in [0.2, 0.25) is 0 Å². The van der Waals surface area contributed by atoms with E-state index < -0.39 is 34.3 Å². The smallest absolute Gasteiger partial charge is 0.338 e. The third-order valence-electron chi connectivity index (χ3n) is 4.30. The second-order valence-electron chi connectivity index (χ2n) is 6.97. The zero-order valence-corrected chi connectivity index (χ0v) is 19.7. The molecule has 7 nitrogen and oxygen atoms in total. The second kappa shape index (κ2) is 12.1. The number of anilines is 2. The molecule has 3 rings (SSSR count). The molecule has 0 heterocycles. The largest absolute Gasteiger partial charge is 0.452 e. The van der Waals surface area contributed by atoms with Gasteiger partial charge < -0.3 is 10.1 Å². The van der Waals surface area contributed by atoms with Crippen molar-refractivity contribution in [2.75, 3.05) is 16.6 Å². The first kappa shape index (κ1) is 25.9. The summed E-state index contributed by atoms with van der Waals surface area (Å²) >= 11 is 0.382. The predicted octanol–water partition coefficient (Wildman–Crippen LogP) is 5.21. The number of nitrogens with one attached hydrogen (secondary N) is 2. The summed E-state index contributed by atoms with van der Waals surface area (Å²) in [6.45, 7) is -0.595. The molecule has 0 spiro atoms. The number of thioether (sulfide) groups is 1. The maximum absolute atomic E-state index is 12.4. The van der Waals surface area contributed by atoms with Crippen LogP contribution in [0, 0.1) is 0 Å². The molecule has 0 radical (unpaired) electrons. The molecule has 2 N–H and O–H groups in total. The van der Waals surface area contributed by atoms with Gasteiger partial charge >= 0.3 is 5.97 Å². The Morgan fingerprint density at radius 3 is 2.34 bits per heavy atom. The summed E-state index contributed by atoms with van der Waals surface area (Å²) in [4.78, 5) is 24.7. The van der Waals surface area contributed by atoms with Crippen LogP contribution < -0.4 is 10.0 Å². The van der Waals surface area contributed by atoms with Gasteiger partial charge in [-0.15, -0.1) is 0 Å². The molecular formula is C24H20F2N2O5S2. The molecule has 0 aliphatic carbocycles.